The molecule has 0 saturated heterocycles. The molecule has 0 aliphatic heterocycles. The number of alkyl halides is 2. The monoisotopic (exact) mass is 432 g/mol. The average Bonchev–Trinajstić information content (AvgIpc) is 3.07. The highest BCUT2D eigenvalue weighted by molar-refractivity contribution is 7.84. The summed E-state index contributed by atoms with van der Waals surface area (Å²) in [6.45, 7) is 0.403. The van der Waals surface area contributed by atoms with Crippen molar-refractivity contribution in [1.82, 2.24) is 14.8 Å². The maximum absolute atomic E-state index is 13.5. The zero-order valence-electron chi connectivity index (χ0n) is 16.5. The molecule has 158 valence electrons. The van der Waals surface area contributed by atoms with E-state index in [1.165, 1.54) is 6.20 Å². The van der Waals surface area contributed by atoms with Gasteiger partial charge < -0.3 is 5.32 Å². The van der Waals surface area contributed by atoms with Crippen molar-refractivity contribution in [2.24, 2.45) is 5.92 Å². The van der Waals surface area contributed by atoms with Crippen molar-refractivity contribution in [3.8, 4) is 0 Å². The SMILES string of the molecule is C[S@@](=O)c1ccnc(NC(=O)c2c3ccccc3nn2CC2CCC(F)(F)CC2)c1. The molecule has 1 saturated carbocycles. The molecule has 2 heterocycles. The summed E-state index contributed by atoms with van der Waals surface area (Å²) in [7, 11) is -1.20. The Morgan fingerprint density at radius 1 is 1.27 bits per heavy atom. The molecule has 1 fully saturated rings. The van der Waals surface area contributed by atoms with Gasteiger partial charge in [0.15, 0.2) is 0 Å². The first-order valence-electron chi connectivity index (χ1n) is 9.76. The van der Waals surface area contributed by atoms with Gasteiger partial charge in [0, 0.05) is 52.9 Å². The highest BCUT2D eigenvalue weighted by atomic mass is 32.2. The summed E-state index contributed by atoms with van der Waals surface area (Å²) in [5, 5.41) is 7.99. The summed E-state index contributed by atoms with van der Waals surface area (Å²) in [5.41, 5.74) is 1.04. The molecule has 1 amide bonds. The van der Waals surface area contributed by atoms with Crippen molar-refractivity contribution in [3.05, 3.63) is 48.3 Å². The molecule has 0 bridgehead atoms. The summed E-state index contributed by atoms with van der Waals surface area (Å²) in [6.07, 6.45) is 3.57. The number of anilines is 1. The third kappa shape index (κ3) is 4.40. The van der Waals surface area contributed by atoms with Crippen LogP contribution in [-0.2, 0) is 17.3 Å². The maximum atomic E-state index is 13.5. The number of carbonyl (C=O) groups excluding carboxylic acids is 1. The van der Waals surface area contributed by atoms with E-state index >= 15 is 0 Å². The van der Waals surface area contributed by atoms with Crippen LogP contribution in [0, 0.1) is 5.92 Å². The van der Waals surface area contributed by atoms with Crippen LogP contribution >= 0.6 is 0 Å². The van der Waals surface area contributed by atoms with Crippen LogP contribution in [0.15, 0.2) is 47.5 Å². The second-order valence-corrected chi connectivity index (χ2v) is 9.01. The van der Waals surface area contributed by atoms with Crippen molar-refractivity contribution in [1.29, 1.82) is 0 Å². The first-order chi connectivity index (χ1) is 14.3. The standard InChI is InChI=1S/C21H22F2N4O2S/c1-30(29)15-8-11-24-18(12-15)25-20(28)19-16-4-2-3-5-17(16)26-27(19)13-14-6-9-21(22,23)10-7-14/h2-5,8,11-12,14H,6-7,9-10,13H2,1H3,(H,24,25,28)/t30-/m1/s1. The largest absolute Gasteiger partial charge is 0.305 e. The van der Waals surface area contributed by atoms with Crippen molar-refractivity contribution < 1.29 is 17.8 Å². The first-order valence-corrected chi connectivity index (χ1v) is 11.3. The predicted molar refractivity (Wildman–Crippen MR) is 111 cm³/mol. The fourth-order valence-corrected chi connectivity index (χ4v) is 4.34. The third-order valence-corrected chi connectivity index (χ3v) is 6.35. The zero-order valence-corrected chi connectivity index (χ0v) is 17.3. The number of benzene rings is 1. The number of rotatable bonds is 5. The number of hydrogen-bond acceptors (Lipinski definition) is 4. The minimum atomic E-state index is -2.60. The Labute approximate surface area is 175 Å². The normalized spacial score (nSPS) is 17.7. The molecule has 4 rings (SSSR count). The molecule has 1 aliphatic rings. The number of carbonyl (C=O) groups is 1. The van der Waals surface area contributed by atoms with Crippen LogP contribution < -0.4 is 5.32 Å². The van der Waals surface area contributed by atoms with Gasteiger partial charge in [0.1, 0.15) is 11.5 Å². The Morgan fingerprint density at radius 2 is 2.00 bits per heavy atom. The zero-order chi connectivity index (χ0) is 21.3. The lowest BCUT2D eigenvalue weighted by atomic mass is 9.87. The predicted octanol–water partition coefficient (Wildman–Crippen LogP) is 4.25. The van der Waals surface area contributed by atoms with Gasteiger partial charge in [-0.3, -0.25) is 13.7 Å². The number of halogens is 2. The van der Waals surface area contributed by atoms with Crippen LogP contribution in [0.3, 0.4) is 0 Å². The number of pyridine rings is 1. The Kier molecular flexibility index (Phi) is 5.64. The Balaban J connectivity index is 1.62. The number of amides is 1. The number of hydrogen-bond donors (Lipinski definition) is 1. The number of fused-ring (bicyclic) bond motifs is 1. The highest BCUT2D eigenvalue weighted by Gasteiger charge is 2.35. The molecule has 9 heteroatoms. The van der Waals surface area contributed by atoms with Crippen LogP contribution in [0.4, 0.5) is 14.6 Å². The van der Waals surface area contributed by atoms with E-state index in [1.54, 1.807) is 23.1 Å². The Bertz CT molecular complexity index is 1110. The molecule has 1 atom stereocenters. The smallest absolute Gasteiger partial charge is 0.275 e. The number of nitrogens with zero attached hydrogens (tertiary/aromatic N) is 3. The second kappa shape index (κ2) is 8.22. The molecule has 0 spiro atoms. The van der Waals surface area contributed by atoms with E-state index in [2.05, 4.69) is 15.4 Å². The van der Waals surface area contributed by atoms with Crippen LogP contribution in [0.1, 0.15) is 36.2 Å². The van der Waals surface area contributed by atoms with Gasteiger partial charge in [-0.15, -0.1) is 0 Å². The lowest BCUT2D eigenvalue weighted by Gasteiger charge is -2.28. The van der Waals surface area contributed by atoms with Gasteiger partial charge in [0.25, 0.3) is 5.91 Å². The average molecular weight is 432 g/mol. The molecule has 1 aromatic carbocycles. The van der Waals surface area contributed by atoms with Gasteiger partial charge in [-0.1, -0.05) is 18.2 Å². The molecular weight excluding hydrogens is 410 g/mol. The topological polar surface area (TPSA) is 76.9 Å². The van der Waals surface area contributed by atoms with Gasteiger partial charge in [-0.2, -0.15) is 5.10 Å². The van der Waals surface area contributed by atoms with E-state index < -0.39 is 22.6 Å². The summed E-state index contributed by atoms with van der Waals surface area (Å²) >= 11 is 0. The molecule has 1 N–H and O–H groups in total. The maximum Gasteiger partial charge on any atom is 0.275 e. The Hall–Kier alpha value is -2.68. The van der Waals surface area contributed by atoms with E-state index in [9.17, 15) is 17.8 Å². The fourth-order valence-electron chi connectivity index (χ4n) is 3.81. The van der Waals surface area contributed by atoms with Gasteiger partial charge in [-0.05, 0) is 37.0 Å². The van der Waals surface area contributed by atoms with Gasteiger partial charge in [0.05, 0.1) is 5.52 Å². The van der Waals surface area contributed by atoms with Crippen molar-refractivity contribution in [3.63, 3.8) is 0 Å². The van der Waals surface area contributed by atoms with Crippen LogP contribution in [0.25, 0.3) is 10.9 Å². The third-order valence-electron chi connectivity index (χ3n) is 5.43. The van der Waals surface area contributed by atoms with Crippen molar-refractivity contribution in [2.75, 3.05) is 11.6 Å². The summed E-state index contributed by atoms with van der Waals surface area (Å²) < 4.78 is 40.3. The lowest BCUT2D eigenvalue weighted by molar-refractivity contribution is -0.0476. The van der Waals surface area contributed by atoms with Crippen LogP contribution in [-0.4, -0.2) is 37.1 Å². The van der Waals surface area contributed by atoms with Gasteiger partial charge in [-0.25, -0.2) is 13.8 Å². The van der Waals surface area contributed by atoms with E-state index in [0.29, 0.717) is 46.7 Å². The van der Waals surface area contributed by atoms with E-state index in [-0.39, 0.29) is 18.8 Å². The highest BCUT2D eigenvalue weighted by Crippen LogP contribution is 2.37. The molecule has 0 radical (unpaired) electrons. The summed E-state index contributed by atoms with van der Waals surface area (Å²) in [5.74, 6) is -2.66. The summed E-state index contributed by atoms with van der Waals surface area (Å²) in [6, 6.07) is 10.5. The number of aromatic nitrogens is 3. The minimum absolute atomic E-state index is 0.0365. The van der Waals surface area contributed by atoms with Crippen LogP contribution in [0.2, 0.25) is 0 Å². The van der Waals surface area contributed by atoms with Crippen molar-refractivity contribution in [2.45, 2.75) is 43.0 Å². The van der Waals surface area contributed by atoms with Crippen molar-refractivity contribution >= 4 is 33.4 Å². The molecular formula is C21H22F2N4O2S. The molecule has 2 aromatic heterocycles. The van der Waals surface area contributed by atoms with E-state index in [1.807, 2.05) is 24.3 Å². The van der Waals surface area contributed by atoms with E-state index in [4.69, 9.17) is 0 Å². The van der Waals surface area contributed by atoms with Crippen LogP contribution in [0.5, 0.6) is 0 Å². The first kappa shape index (κ1) is 20.6. The molecule has 30 heavy (non-hydrogen) atoms. The second-order valence-electron chi connectivity index (χ2n) is 7.63. The number of nitrogens with one attached hydrogen (secondary N) is 1. The minimum Gasteiger partial charge on any atom is -0.305 e. The van der Waals surface area contributed by atoms with Gasteiger partial charge >= 0.3 is 0 Å². The molecule has 6 nitrogen and oxygen atoms in total. The lowest BCUT2D eigenvalue weighted by Crippen LogP contribution is -2.28. The Morgan fingerprint density at radius 3 is 2.73 bits per heavy atom. The van der Waals surface area contributed by atoms with Gasteiger partial charge in [0.2, 0.25) is 5.92 Å². The molecule has 3 aromatic rings. The quantitative estimate of drug-likeness (QED) is 0.654. The van der Waals surface area contributed by atoms with E-state index in [0.717, 1.165) is 0 Å². The molecule has 1 aliphatic carbocycles. The fraction of sp³-hybridized carbons (Fsp3) is 0.381. The molecule has 0 unspecified atom stereocenters. The summed E-state index contributed by atoms with van der Waals surface area (Å²) in [4.78, 5) is 17.8.